The largest absolute Gasteiger partial charge is 0.382 e. The molecule has 0 saturated heterocycles. The van der Waals surface area contributed by atoms with Gasteiger partial charge in [0.05, 0.1) is 0 Å². The lowest BCUT2D eigenvalue weighted by Crippen LogP contribution is -2.04. The van der Waals surface area contributed by atoms with E-state index in [0.717, 1.165) is 0 Å². The minimum atomic E-state index is -0.0434. The number of carbonyl (C=O) groups excluding carboxylic acids is 1. The van der Waals surface area contributed by atoms with Crippen molar-refractivity contribution < 1.29 is 4.79 Å². The number of rotatable bonds is 1. The van der Waals surface area contributed by atoms with Gasteiger partial charge in [-0.1, -0.05) is 0 Å². The second-order valence-corrected chi connectivity index (χ2v) is 2.72. The molecule has 66 valence electrons. The maximum Gasteiger partial charge on any atom is 0.178 e. The van der Waals surface area contributed by atoms with E-state index in [4.69, 9.17) is 5.73 Å². The fourth-order valence-corrected chi connectivity index (χ4v) is 1.22. The van der Waals surface area contributed by atoms with E-state index in [1.165, 1.54) is 17.8 Å². The third-order valence-electron chi connectivity index (χ3n) is 1.84. The van der Waals surface area contributed by atoms with Gasteiger partial charge in [-0.05, 0) is 12.1 Å². The van der Waals surface area contributed by atoms with Crippen molar-refractivity contribution in [2.24, 2.45) is 0 Å². The smallest absolute Gasteiger partial charge is 0.178 e. The van der Waals surface area contributed by atoms with Crippen LogP contribution in [-0.2, 0) is 0 Å². The number of fused-ring (bicyclic) bond motifs is 1. The number of hydrogen-bond acceptors (Lipinski definition) is 4. The van der Waals surface area contributed by atoms with Crippen LogP contribution in [0.3, 0.4) is 0 Å². The standard InChI is InChI=1S/C8H8N4O/c1-5(13)6-2-3-7-8(9)10-4-11-12(6)7/h2-4H,1H3,(H2,9,10,11). The summed E-state index contributed by atoms with van der Waals surface area (Å²) in [4.78, 5) is 14.9. The number of hydrogen-bond donors (Lipinski definition) is 1. The Morgan fingerprint density at radius 2 is 2.31 bits per heavy atom. The van der Waals surface area contributed by atoms with Gasteiger partial charge in [-0.25, -0.2) is 9.50 Å². The summed E-state index contributed by atoms with van der Waals surface area (Å²) in [6, 6.07) is 3.41. The highest BCUT2D eigenvalue weighted by molar-refractivity contribution is 5.94. The molecular formula is C8H8N4O. The van der Waals surface area contributed by atoms with Gasteiger partial charge in [0.15, 0.2) is 11.6 Å². The molecule has 2 N–H and O–H groups in total. The average Bonchev–Trinajstić information content (AvgIpc) is 2.48. The van der Waals surface area contributed by atoms with Crippen LogP contribution in [0.1, 0.15) is 17.4 Å². The first-order valence-electron chi connectivity index (χ1n) is 3.79. The van der Waals surface area contributed by atoms with Crippen molar-refractivity contribution in [2.45, 2.75) is 6.92 Å². The quantitative estimate of drug-likeness (QED) is 0.642. The number of nitrogens with zero attached hydrogens (tertiary/aromatic N) is 3. The predicted octanol–water partition coefficient (Wildman–Crippen LogP) is 0.514. The Morgan fingerprint density at radius 3 is 3.00 bits per heavy atom. The summed E-state index contributed by atoms with van der Waals surface area (Å²) in [6.45, 7) is 1.49. The molecule has 5 heteroatoms. The Hall–Kier alpha value is -1.91. The van der Waals surface area contributed by atoms with Gasteiger partial charge in [0, 0.05) is 6.92 Å². The van der Waals surface area contributed by atoms with Crippen molar-refractivity contribution in [2.75, 3.05) is 5.73 Å². The van der Waals surface area contributed by atoms with Crippen molar-refractivity contribution in [3.05, 3.63) is 24.2 Å². The zero-order valence-electron chi connectivity index (χ0n) is 7.06. The first-order chi connectivity index (χ1) is 6.20. The fourth-order valence-electron chi connectivity index (χ4n) is 1.22. The molecular weight excluding hydrogens is 168 g/mol. The van der Waals surface area contributed by atoms with Crippen LogP contribution in [0, 0.1) is 0 Å². The zero-order valence-corrected chi connectivity index (χ0v) is 7.06. The van der Waals surface area contributed by atoms with Crippen LogP contribution in [-0.4, -0.2) is 20.4 Å². The molecule has 0 aliphatic rings. The summed E-state index contributed by atoms with van der Waals surface area (Å²) in [6.07, 6.45) is 1.33. The van der Waals surface area contributed by atoms with E-state index < -0.39 is 0 Å². The second-order valence-electron chi connectivity index (χ2n) is 2.72. The molecule has 0 aliphatic carbocycles. The number of nitrogens with two attached hydrogens (primary N) is 1. The molecule has 0 amide bonds. The van der Waals surface area contributed by atoms with Crippen LogP contribution in [0.5, 0.6) is 0 Å². The lowest BCUT2D eigenvalue weighted by atomic mass is 10.3. The molecule has 0 saturated carbocycles. The van der Waals surface area contributed by atoms with E-state index in [0.29, 0.717) is 17.0 Å². The monoisotopic (exact) mass is 176 g/mol. The molecule has 2 aromatic heterocycles. The van der Waals surface area contributed by atoms with Crippen molar-refractivity contribution in [1.82, 2.24) is 14.6 Å². The lowest BCUT2D eigenvalue weighted by Gasteiger charge is -1.98. The molecule has 0 unspecified atom stereocenters. The van der Waals surface area contributed by atoms with Crippen molar-refractivity contribution >= 4 is 17.1 Å². The van der Waals surface area contributed by atoms with Crippen LogP contribution in [0.4, 0.5) is 5.82 Å². The summed E-state index contributed by atoms with van der Waals surface area (Å²) < 4.78 is 1.49. The van der Waals surface area contributed by atoms with Gasteiger partial charge in [0.2, 0.25) is 0 Å². The van der Waals surface area contributed by atoms with Gasteiger partial charge in [-0.2, -0.15) is 5.10 Å². The van der Waals surface area contributed by atoms with Gasteiger partial charge >= 0.3 is 0 Å². The number of anilines is 1. The van der Waals surface area contributed by atoms with Gasteiger partial charge in [0.25, 0.3) is 0 Å². The molecule has 0 fully saturated rings. The Labute approximate surface area is 74.2 Å². The molecule has 0 radical (unpaired) electrons. The Bertz CT molecular complexity index is 474. The highest BCUT2D eigenvalue weighted by Gasteiger charge is 2.08. The number of ketones is 1. The van der Waals surface area contributed by atoms with Gasteiger partial charge in [-0.15, -0.1) is 0 Å². The predicted molar refractivity (Wildman–Crippen MR) is 47.4 cm³/mol. The summed E-state index contributed by atoms with van der Waals surface area (Å²) >= 11 is 0. The normalized spacial score (nSPS) is 10.5. The molecule has 0 aromatic carbocycles. The van der Waals surface area contributed by atoms with Crippen LogP contribution in [0.15, 0.2) is 18.5 Å². The third-order valence-corrected chi connectivity index (χ3v) is 1.84. The van der Waals surface area contributed by atoms with Crippen LogP contribution < -0.4 is 5.73 Å². The maximum absolute atomic E-state index is 11.1. The number of aromatic nitrogens is 3. The topological polar surface area (TPSA) is 73.3 Å². The summed E-state index contributed by atoms with van der Waals surface area (Å²) in [5, 5.41) is 3.93. The van der Waals surface area contributed by atoms with E-state index in [9.17, 15) is 4.79 Å². The molecule has 5 nitrogen and oxygen atoms in total. The number of carbonyl (C=O) groups is 1. The molecule has 2 aromatic rings. The number of nitrogen functional groups attached to an aromatic ring is 1. The molecule has 13 heavy (non-hydrogen) atoms. The maximum atomic E-state index is 11.1. The molecule has 0 atom stereocenters. The van der Waals surface area contributed by atoms with E-state index in [1.54, 1.807) is 12.1 Å². The van der Waals surface area contributed by atoms with E-state index >= 15 is 0 Å². The van der Waals surface area contributed by atoms with Gasteiger partial charge in [-0.3, -0.25) is 4.79 Å². The zero-order chi connectivity index (χ0) is 9.42. The average molecular weight is 176 g/mol. The molecule has 0 bridgehead atoms. The van der Waals surface area contributed by atoms with Crippen molar-refractivity contribution in [3.8, 4) is 0 Å². The second kappa shape index (κ2) is 2.55. The van der Waals surface area contributed by atoms with Crippen LogP contribution in [0.25, 0.3) is 5.52 Å². The minimum absolute atomic E-state index is 0.0434. The third kappa shape index (κ3) is 1.05. The molecule has 2 heterocycles. The van der Waals surface area contributed by atoms with Crippen molar-refractivity contribution in [1.29, 1.82) is 0 Å². The highest BCUT2D eigenvalue weighted by atomic mass is 16.1. The number of Topliss-reactive ketones (excluding diaryl/α,β-unsaturated/α-hetero) is 1. The first-order valence-corrected chi connectivity index (χ1v) is 3.79. The Kier molecular flexibility index (Phi) is 1.51. The fraction of sp³-hybridized carbons (Fsp3) is 0.125. The summed E-state index contributed by atoms with van der Waals surface area (Å²) in [7, 11) is 0. The summed E-state index contributed by atoms with van der Waals surface area (Å²) in [5.74, 6) is 0.334. The van der Waals surface area contributed by atoms with Gasteiger partial charge in [0.1, 0.15) is 17.5 Å². The SMILES string of the molecule is CC(=O)c1ccc2c(N)ncnn12. The first kappa shape index (κ1) is 7.72. The van der Waals surface area contributed by atoms with E-state index in [2.05, 4.69) is 10.1 Å². The minimum Gasteiger partial charge on any atom is -0.382 e. The van der Waals surface area contributed by atoms with Gasteiger partial charge < -0.3 is 5.73 Å². The van der Waals surface area contributed by atoms with Crippen LogP contribution >= 0.6 is 0 Å². The van der Waals surface area contributed by atoms with E-state index in [-0.39, 0.29) is 5.78 Å². The van der Waals surface area contributed by atoms with Crippen LogP contribution in [0.2, 0.25) is 0 Å². The molecule has 0 spiro atoms. The Morgan fingerprint density at radius 1 is 1.54 bits per heavy atom. The molecule has 0 aliphatic heterocycles. The summed E-state index contributed by atoms with van der Waals surface area (Å²) in [5.41, 5.74) is 6.76. The highest BCUT2D eigenvalue weighted by Crippen LogP contribution is 2.12. The molecule has 2 rings (SSSR count). The van der Waals surface area contributed by atoms with E-state index in [1.807, 2.05) is 0 Å². The van der Waals surface area contributed by atoms with Crippen molar-refractivity contribution in [3.63, 3.8) is 0 Å². The lowest BCUT2D eigenvalue weighted by molar-refractivity contribution is 0.101. The Balaban J connectivity index is 2.83.